The molecule has 0 aliphatic carbocycles. The number of hydrogen-bond donors (Lipinski definition) is 0. The van der Waals surface area contributed by atoms with Crippen LogP contribution in [0.2, 0.25) is 0 Å². The maximum Gasteiger partial charge on any atom is 0.276 e. The zero-order valence-electron chi connectivity index (χ0n) is 21.3. The number of nitrogens with zero attached hydrogens (tertiary/aromatic N) is 2. The fourth-order valence-electron chi connectivity index (χ4n) is 4.33. The Balaban J connectivity index is 1.68. The van der Waals surface area contributed by atoms with E-state index in [1.165, 1.54) is 31.7 Å². The number of hydrogen-bond acceptors (Lipinski definition) is 2. The highest BCUT2D eigenvalue weighted by atomic mass is 19.3. The van der Waals surface area contributed by atoms with Crippen molar-refractivity contribution >= 4 is 0 Å². The zero-order valence-corrected chi connectivity index (χ0v) is 21.3. The predicted octanol–water partition coefficient (Wildman–Crippen LogP) is 9.66. The van der Waals surface area contributed by atoms with Gasteiger partial charge in [0.25, 0.3) is 5.92 Å². The summed E-state index contributed by atoms with van der Waals surface area (Å²) in [5, 5.41) is 0. The highest BCUT2D eigenvalue weighted by molar-refractivity contribution is 5.68. The van der Waals surface area contributed by atoms with E-state index in [4.69, 9.17) is 0 Å². The minimum absolute atomic E-state index is 0.0519. The first-order valence-corrected chi connectivity index (χ1v) is 13.2. The summed E-state index contributed by atoms with van der Waals surface area (Å²) in [6.07, 6.45) is 12.8. The summed E-state index contributed by atoms with van der Waals surface area (Å²) >= 11 is 0. The van der Waals surface area contributed by atoms with E-state index in [1.807, 2.05) is 19.3 Å². The second-order valence-corrected chi connectivity index (χ2v) is 9.46. The molecule has 0 N–H and O–H groups in total. The minimum atomic E-state index is -3.40. The van der Waals surface area contributed by atoms with Gasteiger partial charge in [0.2, 0.25) is 0 Å². The smallest absolute Gasteiger partial charge is 0.236 e. The molecule has 36 heavy (non-hydrogen) atoms. The predicted molar refractivity (Wildman–Crippen MR) is 138 cm³/mol. The van der Waals surface area contributed by atoms with Crippen LogP contribution >= 0.6 is 0 Å². The highest BCUT2D eigenvalue weighted by Gasteiger charge is 2.35. The molecule has 0 aliphatic rings. The number of unbranched alkanes of at least 4 members (excludes halogenated alkanes) is 7. The van der Waals surface area contributed by atoms with Crippen molar-refractivity contribution in [1.82, 2.24) is 9.97 Å². The first kappa shape index (κ1) is 27.8. The molecule has 2 aromatic carbocycles. The average molecular weight is 501 g/mol. The second-order valence-electron chi connectivity index (χ2n) is 9.46. The molecule has 0 saturated carbocycles. The van der Waals surface area contributed by atoms with E-state index in [2.05, 4.69) is 16.9 Å². The van der Waals surface area contributed by atoms with Gasteiger partial charge in [-0.05, 0) is 36.5 Å². The van der Waals surface area contributed by atoms with Crippen LogP contribution in [-0.2, 0) is 12.3 Å². The lowest BCUT2D eigenvalue weighted by Gasteiger charge is -2.18. The number of alkyl halides is 2. The molecule has 1 aromatic heterocycles. The van der Waals surface area contributed by atoms with Crippen molar-refractivity contribution < 1.29 is 17.6 Å². The lowest BCUT2D eigenvalue weighted by Crippen LogP contribution is -2.16. The molecule has 0 aliphatic heterocycles. The summed E-state index contributed by atoms with van der Waals surface area (Å²) in [6.45, 7) is 4.18. The van der Waals surface area contributed by atoms with Crippen LogP contribution in [0.15, 0.2) is 48.8 Å². The fraction of sp³-hybridized carbons (Fsp3) is 0.467. The summed E-state index contributed by atoms with van der Waals surface area (Å²) in [4.78, 5) is 8.89. The van der Waals surface area contributed by atoms with Gasteiger partial charge < -0.3 is 0 Å². The maximum absolute atomic E-state index is 14.8. The Hall–Kier alpha value is -2.76. The van der Waals surface area contributed by atoms with Gasteiger partial charge >= 0.3 is 0 Å². The quantitative estimate of drug-likeness (QED) is 0.163. The van der Waals surface area contributed by atoms with Crippen molar-refractivity contribution in [2.75, 3.05) is 0 Å². The molecule has 1 heterocycles. The Kier molecular flexibility index (Phi) is 10.4. The van der Waals surface area contributed by atoms with Crippen molar-refractivity contribution in [1.29, 1.82) is 0 Å². The SMILES string of the molecule is CCCCCCCc1cnc(-c2ccc(-c3ccc(C(F)(F)CCCCCC)c(F)c3F)cc2)nc1. The Morgan fingerprint density at radius 2 is 1.25 bits per heavy atom. The monoisotopic (exact) mass is 500 g/mol. The molecule has 194 valence electrons. The molecule has 0 spiro atoms. The molecule has 3 rings (SSSR count). The molecule has 2 nitrogen and oxygen atoms in total. The lowest BCUT2D eigenvalue weighted by atomic mass is 9.96. The van der Waals surface area contributed by atoms with Crippen LogP contribution in [0.1, 0.15) is 89.2 Å². The molecular weight excluding hydrogens is 464 g/mol. The minimum Gasteiger partial charge on any atom is -0.236 e. The van der Waals surface area contributed by atoms with Gasteiger partial charge in [0.15, 0.2) is 17.5 Å². The Labute approximate surface area is 212 Å². The van der Waals surface area contributed by atoms with E-state index in [1.54, 1.807) is 24.3 Å². The molecule has 6 heteroatoms. The molecule has 0 bridgehead atoms. The van der Waals surface area contributed by atoms with Crippen LogP contribution in [0.4, 0.5) is 17.6 Å². The van der Waals surface area contributed by atoms with Gasteiger partial charge in [-0.25, -0.2) is 27.5 Å². The first-order chi connectivity index (χ1) is 17.4. The third-order valence-electron chi connectivity index (χ3n) is 6.55. The van der Waals surface area contributed by atoms with Gasteiger partial charge in [-0.3, -0.25) is 0 Å². The Morgan fingerprint density at radius 3 is 1.89 bits per heavy atom. The van der Waals surface area contributed by atoms with Gasteiger partial charge in [-0.1, -0.05) is 89.1 Å². The van der Waals surface area contributed by atoms with Gasteiger partial charge in [-0.2, -0.15) is 0 Å². The van der Waals surface area contributed by atoms with Gasteiger partial charge in [-0.15, -0.1) is 0 Å². The Morgan fingerprint density at radius 1 is 0.667 bits per heavy atom. The second kappa shape index (κ2) is 13.5. The molecular formula is C30H36F4N2. The van der Waals surface area contributed by atoms with E-state index in [-0.39, 0.29) is 12.0 Å². The Bertz CT molecular complexity index is 1080. The summed E-state index contributed by atoms with van der Waals surface area (Å²) in [5.41, 5.74) is 1.30. The van der Waals surface area contributed by atoms with E-state index >= 15 is 0 Å². The summed E-state index contributed by atoms with van der Waals surface area (Å²) in [5.74, 6) is -5.60. The molecule has 0 amide bonds. The van der Waals surface area contributed by atoms with Crippen LogP contribution in [0, 0.1) is 11.6 Å². The molecule has 0 radical (unpaired) electrons. The molecule has 0 unspecified atom stereocenters. The molecule has 0 saturated heterocycles. The fourth-order valence-corrected chi connectivity index (χ4v) is 4.33. The maximum atomic E-state index is 14.8. The number of aromatic nitrogens is 2. The normalized spacial score (nSPS) is 11.7. The average Bonchev–Trinajstić information content (AvgIpc) is 2.88. The number of aryl methyl sites for hydroxylation is 1. The van der Waals surface area contributed by atoms with Crippen molar-refractivity contribution in [2.45, 2.75) is 90.4 Å². The summed E-state index contributed by atoms with van der Waals surface area (Å²) < 4.78 is 58.6. The number of halogens is 4. The van der Waals surface area contributed by atoms with E-state index < -0.39 is 29.5 Å². The van der Waals surface area contributed by atoms with Crippen molar-refractivity contribution in [2.24, 2.45) is 0 Å². The molecule has 0 atom stereocenters. The van der Waals surface area contributed by atoms with Crippen LogP contribution in [0.25, 0.3) is 22.5 Å². The van der Waals surface area contributed by atoms with Crippen LogP contribution < -0.4 is 0 Å². The molecule has 3 aromatic rings. The van der Waals surface area contributed by atoms with Crippen molar-refractivity contribution in [3.05, 3.63) is 71.6 Å². The first-order valence-electron chi connectivity index (χ1n) is 13.2. The largest absolute Gasteiger partial charge is 0.276 e. The van der Waals surface area contributed by atoms with Gasteiger partial charge in [0.05, 0.1) is 5.56 Å². The lowest BCUT2D eigenvalue weighted by molar-refractivity contribution is -0.0196. The van der Waals surface area contributed by atoms with E-state index in [0.717, 1.165) is 42.9 Å². The van der Waals surface area contributed by atoms with E-state index in [9.17, 15) is 17.6 Å². The topological polar surface area (TPSA) is 25.8 Å². The summed E-state index contributed by atoms with van der Waals surface area (Å²) in [6, 6.07) is 8.94. The molecule has 0 fully saturated rings. The van der Waals surface area contributed by atoms with Crippen LogP contribution in [-0.4, -0.2) is 9.97 Å². The van der Waals surface area contributed by atoms with E-state index in [0.29, 0.717) is 17.8 Å². The number of rotatable bonds is 14. The van der Waals surface area contributed by atoms with Crippen molar-refractivity contribution in [3.63, 3.8) is 0 Å². The standard InChI is InChI=1S/C30H36F4N2/c1-3-5-7-9-10-12-22-20-35-29(36-21-22)24-15-13-23(14-16-24)25-17-18-26(28(32)27(25)31)30(33,34)19-11-8-6-4-2/h13-18,20-21H,3-12,19H2,1-2H3. The third kappa shape index (κ3) is 7.37. The summed E-state index contributed by atoms with van der Waals surface area (Å²) in [7, 11) is 0. The van der Waals surface area contributed by atoms with Crippen LogP contribution in [0.3, 0.4) is 0 Å². The van der Waals surface area contributed by atoms with Crippen LogP contribution in [0.5, 0.6) is 0 Å². The highest BCUT2D eigenvalue weighted by Crippen LogP contribution is 2.38. The van der Waals surface area contributed by atoms with Crippen molar-refractivity contribution in [3.8, 4) is 22.5 Å². The number of benzene rings is 2. The zero-order chi connectivity index (χ0) is 26.0. The van der Waals surface area contributed by atoms with Gasteiger partial charge in [0, 0.05) is 29.9 Å². The van der Waals surface area contributed by atoms with Gasteiger partial charge in [0.1, 0.15) is 0 Å². The third-order valence-corrected chi connectivity index (χ3v) is 6.55.